The Bertz CT molecular complexity index is 692. The minimum atomic E-state index is -0.466. The van der Waals surface area contributed by atoms with Crippen LogP contribution in [0.4, 0.5) is 5.69 Å². The highest BCUT2D eigenvalue weighted by Crippen LogP contribution is 2.23. The van der Waals surface area contributed by atoms with Crippen LogP contribution in [0.25, 0.3) is 0 Å². The van der Waals surface area contributed by atoms with Gasteiger partial charge in [0.25, 0.3) is 0 Å². The zero-order valence-corrected chi connectivity index (χ0v) is 13.3. The second-order valence-electron chi connectivity index (χ2n) is 4.67. The Labute approximate surface area is 138 Å². The standard InChI is InChI=1S/C16H16ClN3O3/c1-23-16(22)12-2-3-13(17)14(8-12)19-10-15(21)20-9-11-4-6-18-7-5-11/h2-8,19H,9-10H2,1H3,(H,20,21). The summed E-state index contributed by atoms with van der Waals surface area (Å²) < 4.78 is 4.65. The fourth-order valence-corrected chi connectivity index (χ4v) is 2.03. The molecule has 0 atom stereocenters. The monoisotopic (exact) mass is 333 g/mol. The van der Waals surface area contributed by atoms with Crippen molar-refractivity contribution in [3.63, 3.8) is 0 Å². The van der Waals surface area contributed by atoms with Crippen LogP contribution in [0.2, 0.25) is 5.02 Å². The van der Waals surface area contributed by atoms with E-state index in [2.05, 4.69) is 20.4 Å². The van der Waals surface area contributed by atoms with E-state index in [1.807, 2.05) is 12.1 Å². The van der Waals surface area contributed by atoms with Gasteiger partial charge in [0.1, 0.15) is 0 Å². The number of carbonyl (C=O) groups is 2. The molecule has 0 radical (unpaired) electrons. The predicted octanol–water partition coefficient (Wildman–Crippen LogP) is 2.25. The van der Waals surface area contributed by atoms with Crippen LogP contribution in [-0.4, -0.2) is 30.5 Å². The van der Waals surface area contributed by atoms with E-state index in [4.69, 9.17) is 11.6 Å². The molecule has 0 spiro atoms. The van der Waals surface area contributed by atoms with Crippen LogP contribution in [0.15, 0.2) is 42.7 Å². The number of amides is 1. The molecule has 0 saturated carbocycles. The number of anilines is 1. The maximum atomic E-state index is 11.9. The fraction of sp³-hybridized carbons (Fsp3) is 0.188. The second kappa shape index (κ2) is 8.14. The summed E-state index contributed by atoms with van der Waals surface area (Å²) >= 11 is 6.05. The van der Waals surface area contributed by atoms with Gasteiger partial charge in [0.2, 0.25) is 5.91 Å². The van der Waals surface area contributed by atoms with Crippen LogP contribution in [-0.2, 0) is 16.1 Å². The molecule has 23 heavy (non-hydrogen) atoms. The second-order valence-corrected chi connectivity index (χ2v) is 5.08. The summed E-state index contributed by atoms with van der Waals surface area (Å²) in [4.78, 5) is 27.3. The molecule has 1 aromatic heterocycles. The van der Waals surface area contributed by atoms with Crippen LogP contribution in [0.1, 0.15) is 15.9 Å². The first kappa shape index (κ1) is 16.8. The number of hydrogen-bond donors (Lipinski definition) is 2. The number of methoxy groups -OCH3 is 1. The number of pyridine rings is 1. The van der Waals surface area contributed by atoms with Gasteiger partial charge in [0.15, 0.2) is 0 Å². The van der Waals surface area contributed by atoms with Gasteiger partial charge >= 0.3 is 5.97 Å². The largest absolute Gasteiger partial charge is 0.465 e. The zero-order chi connectivity index (χ0) is 16.7. The molecule has 1 amide bonds. The molecule has 0 aliphatic rings. The lowest BCUT2D eigenvalue weighted by Crippen LogP contribution is -2.29. The highest BCUT2D eigenvalue weighted by Gasteiger charge is 2.10. The van der Waals surface area contributed by atoms with E-state index in [0.717, 1.165) is 5.56 Å². The van der Waals surface area contributed by atoms with Crippen LogP contribution in [0, 0.1) is 0 Å². The molecule has 0 bridgehead atoms. The number of ether oxygens (including phenoxy) is 1. The van der Waals surface area contributed by atoms with Gasteiger partial charge in [0.05, 0.1) is 29.9 Å². The van der Waals surface area contributed by atoms with Crippen LogP contribution >= 0.6 is 11.6 Å². The van der Waals surface area contributed by atoms with Crippen molar-refractivity contribution in [3.8, 4) is 0 Å². The number of esters is 1. The number of rotatable bonds is 6. The molecule has 2 rings (SSSR count). The van der Waals surface area contributed by atoms with Crippen molar-refractivity contribution in [2.45, 2.75) is 6.54 Å². The summed E-state index contributed by atoms with van der Waals surface area (Å²) in [5.41, 5.74) is 1.81. The number of aromatic nitrogens is 1. The van der Waals surface area contributed by atoms with E-state index >= 15 is 0 Å². The van der Waals surface area contributed by atoms with Gasteiger partial charge in [-0.1, -0.05) is 11.6 Å². The normalized spacial score (nSPS) is 10.0. The van der Waals surface area contributed by atoms with Gasteiger partial charge in [0, 0.05) is 18.9 Å². The summed E-state index contributed by atoms with van der Waals surface area (Å²) in [6.07, 6.45) is 3.33. The Morgan fingerprint density at radius 2 is 1.96 bits per heavy atom. The molecule has 7 heteroatoms. The van der Waals surface area contributed by atoms with E-state index in [1.54, 1.807) is 30.6 Å². The highest BCUT2D eigenvalue weighted by atomic mass is 35.5. The SMILES string of the molecule is COC(=O)c1ccc(Cl)c(NCC(=O)NCc2ccncc2)c1. The van der Waals surface area contributed by atoms with Crippen molar-refractivity contribution in [2.75, 3.05) is 19.0 Å². The van der Waals surface area contributed by atoms with E-state index < -0.39 is 5.97 Å². The van der Waals surface area contributed by atoms with Crippen molar-refractivity contribution in [1.29, 1.82) is 0 Å². The van der Waals surface area contributed by atoms with Crippen molar-refractivity contribution in [2.24, 2.45) is 0 Å². The molecule has 6 nitrogen and oxygen atoms in total. The number of carbonyl (C=O) groups excluding carboxylic acids is 2. The van der Waals surface area contributed by atoms with E-state index in [-0.39, 0.29) is 12.5 Å². The number of hydrogen-bond acceptors (Lipinski definition) is 5. The number of nitrogens with one attached hydrogen (secondary N) is 2. The summed E-state index contributed by atoms with van der Waals surface area (Å²) in [6, 6.07) is 8.33. The maximum absolute atomic E-state index is 11.9. The summed E-state index contributed by atoms with van der Waals surface area (Å²) in [5.74, 6) is -0.659. The Morgan fingerprint density at radius 1 is 1.22 bits per heavy atom. The third kappa shape index (κ3) is 4.96. The predicted molar refractivity (Wildman–Crippen MR) is 87.4 cm³/mol. The van der Waals surface area contributed by atoms with Crippen LogP contribution < -0.4 is 10.6 Å². The van der Waals surface area contributed by atoms with E-state index in [1.165, 1.54) is 7.11 Å². The topological polar surface area (TPSA) is 80.3 Å². The van der Waals surface area contributed by atoms with Gasteiger partial charge in [-0.25, -0.2) is 4.79 Å². The van der Waals surface area contributed by atoms with Crippen molar-refractivity contribution in [1.82, 2.24) is 10.3 Å². The molecule has 0 aliphatic carbocycles. The molecule has 0 saturated heterocycles. The summed E-state index contributed by atoms with van der Waals surface area (Å²) in [7, 11) is 1.30. The van der Waals surface area contributed by atoms with Crippen molar-refractivity contribution < 1.29 is 14.3 Å². The minimum Gasteiger partial charge on any atom is -0.465 e. The summed E-state index contributed by atoms with van der Waals surface area (Å²) in [6.45, 7) is 0.453. The minimum absolute atomic E-state index is 0.0371. The zero-order valence-electron chi connectivity index (χ0n) is 12.5. The van der Waals surface area contributed by atoms with Crippen LogP contribution in [0.5, 0.6) is 0 Å². The Kier molecular flexibility index (Phi) is 5.94. The van der Waals surface area contributed by atoms with Gasteiger partial charge in [-0.15, -0.1) is 0 Å². The van der Waals surface area contributed by atoms with Gasteiger partial charge in [-0.2, -0.15) is 0 Å². The molecule has 1 heterocycles. The van der Waals surface area contributed by atoms with Crippen LogP contribution in [0.3, 0.4) is 0 Å². The fourth-order valence-electron chi connectivity index (χ4n) is 1.84. The average Bonchev–Trinajstić information content (AvgIpc) is 2.59. The molecule has 0 fully saturated rings. The van der Waals surface area contributed by atoms with E-state index in [0.29, 0.717) is 22.8 Å². The summed E-state index contributed by atoms with van der Waals surface area (Å²) in [5, 5.41) is 6.09. The van der Waals surface area contributed by atoms with Gasteiger partial charge in [-0.3, -0.25) is 9.78 Å². The number of nitrogens with zero attached hydrogens (tertiary/aromatic N) is 1. The molecule has 2 aromatic rings. The lowest BCUT2D eigenvalue weighted by molar-refractivity contribution is -0.119. The molecule has 120 valence electrons. The molecule has 0 unspecified atom stereocenters. The third-order valence-electron chi connectivity index (χ3n) is 3.07. The van der Waals surface area contributed by atoms with Crippen molar-refractivity contribution in [3.05, 3.63) is 58.9 Å². The average molecular weight is 334 g/mol. The number of halogens is 1. The smallest absolute Gasteiger partial charge is 0.337 e. The maximum Gasteiger partial charge on any atom is 0.337 e. The Balaban J connectivity index is 1.89. The first-order chi connectivity index (χ1) is 11.1. The van der Waals surface area contributed by atoms with Gasteiger partial charge < -0.3 is 15.4 Å². The lowest BCUT2D eigenvalue weighted by atomic mass is 10.2. The molecule has 0 aliphatic heterocycles. The molecule has 2 N–H and O–H groups in total. The Hall–Kier alpha value is -2.60. The molecular weight excluding hydrogens is 318 g/mol. The lowest BCUT2D eigenvalue weighted by Gasteiger charge is -2.10. The highest BCUT2D eigenvalue weighted by molar-refractivity contribution is 6.33. The Morgan fingerprint density at radius 3 is 2.65 bits per heavy atom. The first-order valence-electron chi connectivity index (χ1n) is 6.87. The van der Waals surface area contributed by atoms with Gasteiger partial charge in [-0.05, 0) is 35.9 Å². The van der Waals surface area contributed by atoms with E-state index in [9.17, 15) is 9.59 Å². The molecule has 1 aromatic carbocycles. The number of benzene rings is 1. The first-order valence-corrected chi connectivity index (χ1v) is 7.25. The quantitative estimate of drug-likeness (QED) is 0.792. The third-order valence-corrected chi connectivity index (χ3v) is 3.40. The van der Waals surface area contributed by atoms with Crippen molar-refractivity contribution >= 4 is 29.2 Å². The molecular formula is C16H16ClN3O3.